The van der Waals surface area contributed by atoms with Crippen LogP contribution in [0, 0.1) is 10.1 Å². The van der Waals surface area contributed by atoms with Crippen LogP contribution in [-0.2, 0) is 6.54 Å². The van der Waals surface area contributed by atoms with Crippen molar-refractivity contribution in [2.24, 2.45) is 0 Å². The van der Waals surface area contributed by atoms with Crippen molar-refractivity contribution >= 4 is 5.69 Å². The Hall–Kier alpha value is -2.40. The van der Waals surface area contributed by atoms with Crippen molar-refractivity contribution in [2.45, 2.75) is 19.5 Å². The van der Waals surface area contributed by atoms with E-state index in [4.69, 9.17) is 4.74 Å². The summed E-state index contributed by atoms with van der Waals surface area (Å²) >= 11 is 0. The van der Waals surface area contributed by atoms with E-state index in [1.165, 1.54) is 6.07 Å². The molecule has 0 fully saturated rings. The first-order valence-corrected chi connectivity index (χ1v) is 6.71. The molecular weight excluding hydrogens is 268 g/mol. The van der Waals surface area contributed by atoms with E-state index in [9.17, 15) is 10.1 Å². The molecule has 21 heavy (non-hydrogen) atoms. The highest BCUT2D eigenvalue weighted by Crippen LogP contribution is 2.19. The van der Waals surface area contributed by atoms with Gasteiger partial charge >= 0.3 is 0 Å². The predicted molar refractivity (Wildman–Crippen MR) is 81.3 cm³/mol. The normalized spacial score (nSPS) is 11.9. The smallest absolute Gasteiger partial charge is 0.269 e. The minimum absolute atomic E-state index is 0.114. The van der Waals surface area contributed by atoms with Gasteiger partial charge < -0.3 is 10.1 Å². The molecule has 0 radical (unpaired) electrons. The van der Waals surface area contributed by atoms with Crippen molar-refractivity contribution in [2.75, 3.05) is 7.11 Å². The molecule has 1 unspecified atom stereocenters. The lowest BCUT2D eigenvalue weighted by Crippen LogP contribution is -2.18. The molecule has 0 amide bonds. The van der Waals surface area contributed by atoms with Crippen LogP contribution in [0.15, 0.2) is 48.5 Å². The number of nitro groups is 1. The monoisotopic (exact) mass is 286 g/mol. The number of rotatable bonds is 6. The van der Waals surface area contributed by atoms with E-state index in [2.05, 4.69) is 5.32 Å². The zero-order chi connectivity index (χ0) is 15.2. The zero-order valence-corrected chi connectivity index (χ0v) is 12.1. The van der Waals surface area contributed by atoms with Crippen LogP contribution < -0.4 is 10.1 Å². The number of nitro benzene ring substituents is 1. The summed E-state index contributed by atoms with van der Waals surface area (Å²) in [6, 6.07) is 14.6. The number of hydrogen-bond acceptors (Lipinski definition) is 4. The Kier molecular flexibility index (Phi) is 4.90. The summed E-state index contributed by atoms with van der Waals surface area (Å²) in [5.41, 5.74) is 2.11. The third-order valence-electron chi connectivity index (χ3n) is 3.33. The van der Waals surface area contributed by atoms with E-state index in [0.717, 1.165) is 16.9 Å². The van der Waals surface area contributed by atoms with Gasteiger partial charge in [0.2, 0.25) is 0 Å². The summed E-state index contributed by atoms with van der Waals surface area (Å²) in [5, 5.41) is 14.1. The molecule has 0 saturated carbocycles. The van der Waals surface area contributed by atoms with Gasteiger partial charge in [-0.05, 0) is 30.2 Å². The minimum Gasteiger partial charge on any atom is -0.497 e. The molecule has 5 heteroatoms. The number of nitrogens with zero attached hydrogens (tertiary/aromatic N) is 1. The molecule has 0 aliphatic rings. The second-order valence-electron chi connectivity index (χ2n) is 4.81. The third kappa shape index (κ3) is 4.03. The second kappa shape index (κ2) is 6.85. The number of nitrogens with one attached hydrogen (secondary N) is 1. The van der Waals surface area contributed by atoms with E-state index < -0.39 is 0 Å². The highest BCUT2D eigenvalue weighted by molar-refractivity contribution is 5.34. The van der Waals surface area contributed by atoms with Gasteiger partial charge in [0.15, 0.2) is 0 Å². The van der Waals surface area contributed by atoms with Gasteiger partial charge in [-0.1, -0.05) is 24.3 Å². The van der Waals surface area contributed by atoms with Gasteiger partial charge in [0.05, 0.1) is 12.0 Å². The number of benzene rings is 2. The summed E-state index contributed by atoms with van der Waals surface area (Å²) in [7, 11) is 1.64. The molecule has 0 aliphatic carbocycles. The lowest BCUT2D eigenvalue weighted by Gasteiger charge is -2.15. The standard InChI is InChI=1S/C16H18N2O3/c1-12(14-6-4-8-16(10-14)21-2)17-11-13-5-3-7-15(9-13)18(19)20/h3-10,12,17H,11H2,1-2H3. The zero-order valence-electron chi connectivity index (χ0n) is 12.1. The van der Waals surface area contributed by atoms with Gasteiger partial charge in [0, 0.05) is 24.7 Å². The van der Waals surface area contributed by atoms with Gasteiger partial charge in [-0.25, -0.2) is 0 Å². The molecule has 1 atom stereocenters. The summed E-state index contributed by atoms with van der Waals surface area (Å²) in [4.78, 5) is 10.4. The maximum Gasteiger partial charge on any atom is 0.269 e. The topological polar surface area (TPSA) is 64.4 Å². The van der Waals surface area contributed by atoms with Crippen molar-refractivity contribution in [3.05, 3.63) is 69.8 Å². The lowest BCUT2D eigenvalue weighted by molar-refractivity contribution is -0.384. The third-order valence-corrected chi connectivity index (χ3v) is 3.33. The molecule has 0 bridgehead atoms. The van der Waals surface area contributed by atoms with Crippen LogP contribution in [0.4, 0.5) is 5.69 Å². The molecule has 0 saturated heterocycles. The first-order valence-electron chi connectivity index (χ1n) is 6.71. The number of ether oxygens (including phenoxy) is 1. The average molecular weight is 286 g/mol. The number of hydrogen-bond donors (Lipinski definition) is 1. The summed E-state index contributed by atoms with van der Waals surface area (Å²) in [6.07, 6.45) is 0. The van der Waals surface area contributed by atoms with Crippen molar-refractivity contribution in [1.82, 2.24) is 5.32 Å². The Morgan fingerprint density at radius 2 is 2.00 bits per heavy atom. The molecular formula is C16H18N2O3. The Labute approximate surface area is 123 Å². The van der Waals surface area contributed by atoms with Crippen LogP contribution in [0.25, 0.3) is 0 Å². The van der Waals surface area contributed by atoms with E-state index in [1.807, 2.05) is 37.3 Å². The van der Waals surface area contributed by atoms with Gasteiger partial charge in [0.1, 0.15) is 5.75 Å². The van der Waals surface area contributed by atoms with Crippen molar-refractivity contribution in [3.8, 4) is 5.75 Å². The van der Waals surface area contributed by atoms with Crippen LogP contribution in [-0.4, -0.2) is 12.0 Å². The molecule has 0 spiro atoms. The van der Waals surface area contributed by atoms with Gasteiger partial charge in [-0.15, -0.1) is 0 Å². The van der Waals surface area contributed by atoms with Crippen molar-refractivity contribution in [1.29, 1.82) is 0 Å². The molecule has 0 aliphatic heterocycles. The molecule has 2 aromatic rings. The van der Waals surface area contributed by atoms with Crippen LogP contribution >= 0.6 is 0 Å². The molecule has 5 nitrogen and oxygen atoms in total. The predicted octanol–water partition coefficient (Wildman–Crippen LogP) is 3.45. The van der Waals surface area contributed by atoms with Gasteiger partial charge in [-0.2, -0.15) is 0 Å². The molecule has 0 heterocycles. The fraction of sp³-hybridized carbons (Fsp3) is 0.250. The number of methoxy groups -OCH3 is 1. The Balaban J connectivity index is 2.01. The molecule has 2 rings (SSSR count). The van der Waals surface area contributed by atoms with Crippen molar-refractivity contribution in [3.63, 3.8) is 0 Å². The van der Waals surface area contributed by atoms with Crippen LogP contribution in [0.5, 0.6) is 5.75 Å². The van der Waals surface area contributed by atoms with E-state index >= 15 is 0 Å². The largest absolute Gasteiger partial charge is 0.497 e. The van der Waals surface area contributed by atoms with Crippen molar-refractivity contribution < 1.29 is 9.66 Å². The summed E-state index contributed by atoms with van der Waals surface area (Å²) < 4.78 is 5.21. The van der Waals surface area contributed by atoms with Crippen LogP contribution in [0.2, 0.25) is 0 Å². The first kappa shape index (κ1) is 15.0. The first-order chi connectivity index (χ1) is 10.1. The summed E-state index contributed by atoms with van der Waals surface area (Å²) in [6.45, 7) is 2.62. The minimum atomic E-state index is -0.380. The van der Waals surface area contributed by atoms with E-state index in [0.29, 0.717) is 6.54 Å². The van der Waals surface area contributed by atoms with Crippen LogP contribution in [0.3, 0.4) is 0 Å². The van der Waals surface area contributed by atoms with Gasteiger partial charge in [0.25, 0.3) is 5.69 Å². The Morgan fingerprint density at radius 3 is 2.71 bits per heavy atom. The fourth-order valence-corrected chi connectivity index (χ4v) is 2.08. The quantitative estimate of drug-likeness (QED) is 0.652. The summed E-state index contributed by atoms with van der Waals surface area (Å²) in [5.74, 6) is 0.816. The second-order valence-corrected chi connectivity index (χ2v) is 4.81. The molecule has 2 aromatic carbocycles. The van der Waals surface area contributed by atoms with Gasteiger partial charge in [-0.3, -0.25) is 10.1 Å². The lowest BCUT2D eigenvalue weighted by atomic mass is 10.1. The molecule has 110 valence electrons. The van der Waals surface area contributed by atoms with E-state index in [-0.39, 0.29) is 16.7 Å². The number of non-ortho nitro benzene ring substituents is 1. The average Bonchev–Trinajstić information content (AvgIpc) is 2.53. The highest BCUT2D eigenvalue weighted by atomic mass is 16.6. The fourth-order valence-electron chi connectivity index (χ4n) is 2.08. The Morgan fingerprint density at radius 1 is 1.24 bits per heavy atom. The van der Waals surface area contributed by atoms with Crippen LogP contribution in [0.1, 0.15) is 24.1 Å². The van der Waals surface area contributed by atoms with E-state index in [1.54, 1.807) is 19.2 Å². The molecule has 0 aromatic heterocycles. The SMILES string of the molecule is COc1cccc(C(C)NCc2cccc([N+](=O)[O-])c2)c1. The highest BCUT2D eigenvalue weighted by Gasteiger charge is 2.08. The maximum atomic E-state index is 10.8. The molecule has 1 N–H and O–H groups in total. The maximum absolute atomic E-state index is 10.8. The Bertz CT molecular complexity index is 628.